The first-order valence-corrected chi connectivity index (χ1v) is 7.92. The Hall–Kier alpha value is -0.840. The molecule has 2 N–H and O–H groups in total. The van der Waals surface area contributed by atoms with Crippen LogP contribution in [0.15, 0.2) is 34.0 Å². The third-order valence-corrected chi connectivity index (χ3v) is 5.82. The van der Waals surface area contributed by atoms with E-state index in [1.807, 2.05) is 18.7 Å². The number of aryl methyl sites for hydroxylation is 2. The summed E-state index contributed by atoms with van der Waals surface area (Å²) in [6.45, 7) is 2.04. The maximum Gasteiger partial charge on any atom is 0.150 e. The molecule has 2 atom stereocenters. The highest BCUT2D eigenvalue weighted by Gasteiger charge is 2.27. The van der Waals surface area contributed by atoms with Gasteiger partial charge in [0, 0.05) is 22.4 Å². The van der Waals surface area contributed by atoms with E-state index < -0.39 is 0 Å². The van der Waals surface area contributed by atoms with Crippen LogP contribution in [-0.2, 0) is 6.42 Å². The summed E-state index contributed by atoms with van der Waals surface area (Å²) >= 11 is 3.56. The van der Waals surface area contributed by atoms with E-state index in [2.05, 4.69) is 34.6 Å². The van der Waals surface area contributed by atoms with E-state index in [4.69, 9.17) is 5.73 Å². The van der Waals surface area contributed by atoms with Crippen molar-refractivity contribution in [3.05, 3.63) is 46.5 Å². The highest BCUT2D eigenvalue weighted by atomic mass is 32.2. The topological polar surface area (TPSA) is 38.9 Å². The van der Waals surface area contributed by atoms with Gasteiger partial charge in [0.05, 0.1) is 0 Å². The van der Waals surface area contributed by atoms with Gasteiger partial charge in [-0.25, -0.2) is 4.98 Å². The summed E-state index contributed by atoms with van der Waals surface area (Å²) in [5.74, 6) is 0. The molecule has 0 saturated carbocycles. The molecule has 0 radical (unpaired) electrons. The number of hydrogen-bond donors (Lipinski definition) is 1. The van der Waals surface area contributed by atoms with Crippen LogP contribution in [0.1, 0.15) is 29.3 Å². The lowest BCUT2D eigenvalue weighted by Crippen LogP contribution is -2.29. The molecule has 0 amide bonds. The second-order valence-corrected chi connectivity index (χ2v) is 7.02. The van der Waals surface area contributed by atoms with Gasteiger partial charge in [-0.3, -0.25) is 0 Å². The van der Waals surface area contributed by atoms with Gasteiger partial charge in [0.1, 0.15) is 4.34 Å². The van der Waals surface area contributed by atoms with Gasteiger partial charge in [-0.15, -0.1) is 11.3 Å². The molecule has 2 nitrogen and oxygen atoms in total. The number of nitrogens with two attached hydrogens (primary N) is 1. The largest absolute Gasteiger partial charge is 0.323 e. The minimum Gasteiger partial charge on any atom is -0.323 e. The fraction of sp³-hybridized carbons (Fsp3) is 0.357. The number of nitrogens with zero attached hydrogens (tertiary/aromatic N) is 1. The third kappa shape index (κ3) is 2.32. The standard InChI is InChI=1S/C14H16N2S2/c1-9-8-17-14(16-9)18-12-7-6-10-4-2-3-5-11(10)13(12)15/h2-5,8,12-13H,6-7,15H2,1H3. The van der Waals surface area contributed by atoms with Crippen molar-refractivity contribution >= 4 is 23.1 Å². The highest BCUT2D eigenvalue weighted by Crippen LogP contribution is 2.39. The van der Waals surface area contributed by atoms with Crippen LogP contribution in [0.3, 0.4) is 0 Å². The Labute approximate surface area is 116 Å². The average Bonchev–Trinajstić information content (AvgIpc) is 2.79. The van der Waals surface area contributed by atoms with Crippen LogP contribution in [0.4, 0.5) is 0 Å². The number of rotatable bonds is 2. The fourth-order valence-electron chi connectivity index (χ4n) is 2.41. The number of aromatic nitrogens is 1. The van der Waals surface area contributed by atoms with Crippen LogP contribution in [-0.4, -0.2) is 10.2 Å². The van der Waals surface area contributed by atoms with Gasteiger partial charge in [0.2, 0.25) is 0 Å². The number of thiazole rings is 1. The molecule has 2 unspecified atom stereocenters. The monoisotopic (exact) mass is 276 g/mol. The Bertz CT molecular complexity index is 550. The number of benzene rings is 1. The average molecular weight is 276 g/mol. The molecule has 1 aliphatic carbocycles. The summed E-state index contributed by atoms with van der Waals surface area (Å²) in [4.78, 5) is 4.52. The van der Waals surface area contributed by atoms with Crippen molar-refractivity contribution in [1.29, 1.82) is 0 Å². The third-order valence-electron chi connectivity index (χ3n) is 3.36. The molecule has 3 rings (SSSR count). The molecule has 1 aromatic heterocycles. The van der Waals surface area contributed by atoms with Gasteiger partial charge in [0.25, 0.3) is 0 Å². The molecule has 4 heteroatoms. The second-order valence-electron chi connectivity index (χ2n) is 4.67. The lowest BCUT2D eigenvalue weighted by atomic mass is 9.88. The number of fused-ring (bicyclic) bond motifs is 1. The zero-order valence-electron chi connectivity index (χ0n) is 10.3. The first-order valence-electron chi connectivity index (χ1n) is 6.16. The van der Waals surface area contributed by atoms with Crippen LogP contribution in [0.5, 0.6) is 0 Å². The molecule has 0 spiro atoms. The Morgan fingerprint density at radius 1 is 1.39 bits per heavy atom. The van der Waals surface area contributed by atoms with Crippen LogP contribution < -0.4 is 5.73 Å². The van der Waals surface area contributed by atoms with Crippen molar-refractivity contribution < 1.29 is 0 Å². The predicted molar refractivity (Wildman–Crippen MR) is 78.2 cm³/mol. The van der Waals surface area contributed by atoms with Crippen LogP contribution in [0.25, 0.3) is 0 Å². The highest BCUT2D eigenvalue weighted by molar-refractivity contribution is 8.01. The molecule has 0 saturated heterocycles. The van der Waals surface area contributed by atoms with Crippen molar-refractivity contribution in [3.8, 4) is 0 Å². The lowest BCUT2D eigenvalue weighted by molar-refractivity contribution is 0.586. The number of hydrogen-bond acceptors (Lipinski definition) is 4. The zero-order valence-corrected chi connectivity index (χ0v) is 11.9. The molecule has 1 heterocycles. The van der Waals surface area contributed by atoms with Crippen molar-refractivity contribution in [2.45, 2.75) is 35.4 Å². The molecule has 0 bridgehead atoms. The van der Waals surface area contributed by atoms with Crippen LogP contribution >= 0.6 is 23.1 Å². The van der Waals surface area contributed by atoms with E-state index in [0.29, 0.717) is 5.25 Å². The van der Waals surface area contributed by atoms with Crippen LogP contribution in [0, 0.1) is 6.92 Å². The van der Waals surface area contributed by atoms with Gasteiger partial charge >= 0.3 is 0 Å². The molecule has 0 aliphatic heterocycles. The Balaban J connectivity index is 1.80. The van der Waals surface area contributed by atoms with E-state index in [1.165, 1.54) is 11.1 Å². The van der Waals surface area contributed by atoms with Gasteiger partial charge in [-0.05, 0) is 30.9 Å². The maximum absolute atomic E-state index is 6.40. The first kappa shape index (κ1) is 12.2. The minimum atomic E-state index is 0.129. The lowest BCUT2D eigenvalue weighted by Gasteiger charge is -2.29. The fourth-order valence-corrected chi connectivity index (χ4v) is 4.66. The van der Waals surface area contributed by atoms with E-state index in [1.54, 1.807) is 11.3 Å². The Morgan fingerprint density at radius 2 is 2.22 bits per heavy atom. The molecule has 0 fully saturated rings. The van der Waals surface area contributed by atoms with Crippen LogP contribution in [0.2, 0.25) is 0 Å². The van der Waals surface area contributed by atoms with Gasteiger partial charge in [-0.2, -0.15) is 0 Å². The first-order chi connectivity index (χ1) is 8.74. The van der Waals surface area contributed by atoms with Gasteiger partial charge in [0.15, 0.2) is 0 Å². The number of thioether (sulfide) groups is 1. The quantitative estimate of drug-likeness (QED) is 0.911. The summed E-state index contributed by atoms with van der Waals surface area (Å²) < 4.78 is 1.15. The van der Waals surface area contributed by atoms with Gasteiger partial charge < -0.3 is 5.73 Å². The molecule has 2 aromatic rings. The molecule has 94 valence electrons. The second kappa shape index (κ2) is 5.03. The summed E-state index contributed by atoms with van der Waals surface area (Å²) in [5.41, 5.74) is 10.2. The normalized spacial score (nSPS) is 22.8. The predicted octanol–water partition coefficient (Wildman–Crippen LogP) is 3.56. The summed E-state index contributed by atoms with van der Waals surface area (Å²) in [6, 6.07) is 8.68. The SMILES string of the molecule is Cc1csc(SC2CCc3ccccc3C2N)n1. The molecular weight excluding hydrogens is 260 g/mol. The van der Waals surface area contributed by atoms with Crippen molar-refractivity contribution in [3.63, 3.8) is 0 Å². The molecular formula is C14H16N2S2. The Kier molecular flexibility index (Phi) is 3.41. The smallest absolute Gasteiger partial charge is 0.150 e. The molecule has 18 heavy (non-hydrogen) atoms. The maximum atomic E-state index is 6.40. The van der Waals surface area contributed by atoms with Gasteiger partial charge in [-0.1, -0.05) is 36.0 Å². The van der Waals surface area contributed by atoms with E-state index in [9.17, 15) is 0 Å². The van der Waals surface area contributed by atoms with E-state index >= 15 is 0 Å². The minimum absolute atomic E-state index is 0.129. The van der Waals surface area contributed by atoms with E-state index in [-0.39, 0.29) is 6.04 Å². The van der Waals surface area contributed by atoms with E-state index in [0.717, 1.165) is 22.9 Å². The summed E-state index contributed by atoms with van der Waals surface area (Å²) in [6.07, 6.45) is 2.27. The van der Waals surface area contributed by atoms with Crippen molar-refractivity contribution in [2.75, 3.05) is 0 Å². The van der Waals surface area contributed by atoms with Crippen molar-refractivity contribution in [2.24, 2.45) is 5.73 Å². The summed E-state index contributed by atoms with van der Waals surface area (Å²) in [7, 11) is 0. The Morgan fingerprint density at radius 3 is 3.00 bits per heavy atom. The molecule has 1 aliphatic rings. The zero-order chi connectivity index (χ0) is 12.5. The van der Waals surface area contributed by atoms with Crippen molar-refractivity contribution in [1.82, 2.24) is 4.98 Å². The molecule has 1 aromatic carbocycles. The summed E-state index contributed by atoms with van der Waals surface area (Å²) in [5, 5.41) is 2.55.